The Balaban J connectivity index is 2.00. The molecule has 0 unspecified atom stereocenters. The van der Waals surface area contributed by atoms with E-state index in [0.29, 0.717) is 0 Å². The fraction of sp³-hybridized carbons (Fsp3) is 0.462. The molecule has 1 saturated carbocycles. The molecule has 1 aliphatic rings. The van der Waals surface area contributed by atoms with Crippen LogP contribution in [0.3, 0.4) is 0 Å². The highest BCUT2D eigenvalue weighted by atomic mass is 19.1. The molecule has 0 atom stereocenters. The molecular weight excluding hydrogens is 205 g/mol. The number of carbonyl (C=O) groups is 1. The molecule has 3 heteroatoms. The fourth-order valence-corrected chi connectivity index (χ4v) is 2.16. The highest BCUT2D eigenvalue weighted by Crippen LogP contribution is 2.18. The summed E-state index contributed by atoms with van der Waals surface area (Å²) in [6.07, 6.45) is 5.58. The van der Waals surface area contributed by atoms with Gasteiger partial charge < -0.3 is 5.32 Å². The van der Waals surface area contributed by atoms with Gasteiger partial charge in [-0.1, -0.05) is 31.4 Å². The minimum absolute atomic E-state index is 0.146. The minimum Gasteiger partial charge on any atom is -0.349 e. The first kappa shape index (κ1) is 11.1. The number of nitrogens with one attached hydrogen (secondary N) is 1. The molecule has 1 aromatic carbocycles. The zero-order valence-corrected chi connectivity index (χ0v) is 9.21. The standard InChI is InChI=1S/C13H16FNO/c14-12-9-5-4-8-11(12)13(16)15-10-6-2-1-3-7-10/h4-5,8-10H,1-3,6-7H2,(H,15,16). The summed E-state index contributed by atoms with van der Waals surface area (Å²) in [4.78, 5) is 11.8. The summed E-state index contributed by atoms with van der Waals surface area (Å²) in [6.45, 7) is 0. The summed E-state index contributed by atoms with van der Waals surface area (Å²) in [5.41, 5.74) is 0.146. The lowest BCUT2D eigenvalue weighted by Crippen LogP contribution is -2.36. The molecule has 16 heavy (non-hydrogen) atoms. The van der Waals surface area contributed by atoms with E-state index >= 15 is 0 Å². The molecule has 1 amide bonds. The van der Waals surface area contributed by atoms with Gasteiger partial charge in [0.2, 0.25) is 0 Å². The molecule has 0 spiro atoms. The molecule has 0 aliphatic heterocycles. The van der Waals surface area contributed by atoms with Gasteiger partial charge in [-0.05, 0) is 25.0 Å². The second-order valence-electron chi connectivity index (χ2n) is 4.29. The van der Waals surface area contributed by atoms with Gasteiger partial charge >= 0.3 is 0 Å². The summed E-state index contributed by atoms with van der Waals surface area (Å²) < 4.78 is 13.3. The Morgan fingerprint density at radius 1 is 1.19 bits per heavy atom. The first-order valence-electron chi connectivity index (χ1n) is 5.83. The maximum atomic E-state index is 13.3. The normalized spacial score (nSPS) is 17.1. The lowest BCUT2D eigenvalue weighted by molar-refractivity contribution is 0.0923. The molecule has 0 heterocycles. The van der Waals surface area contributed by atoms with Crippen molar-refractivity contribution < 1.29 is 9.18 Å². The Labute approximate surface area is 94.9 Å². The molecule has 1 aliphatic carbocycles. The fourth-order valence-electron chi connectivity index (χ4n) is 2.16. The number of amides is 1. The SMILES string of the molecule is O=C(NC1CCCCC1)c1ccccc1F. The van der Waals surface area contributed by atoms with Crippen LogP contribution in [0.25, 0.3) is 0 Å². The van der Waals surface area contributed by atoms with Crippen molar-refractivity contribution in [1.29, 1.82) is 0 Å². The largest absolute Gasteiger partial charge is 0.349 e. The van der Waals surface area contributed by atoms with Gasteiger partial charge in [-0.25, -0.2) is 4.39 Å². The minimum atomic E-state index is -0.448. The van der Waals surface area contributed by atoms with Crippen LogP contribution in [0.4, 0.5) is 4.39 Å². The van der Waals surface area contributed by atoms with Gasteiger partial charge in [-0.2, -0.15) is 0 Å². The average molecular weight is 221 g/mol. The van der Waals surface area contributed by atoms with E-state index in [4.69, 9.17) is 0 Å². The number of carbonyl (C=O) groups excluding carboxylic acids is 1. The topological polar surface area (TPSA) is 29.1 Å². The Hall–Kier alpha value is -1.38. The van der Waals surface area contributed by atoms with Crippen LogP contribution >= 0.6 is 0 Å². The second kappa shape index (κ2) is 5.10. The maximum absolute atomic E-state index is 13.3. The van der Waals surface area contributed by atoms with Gasteiger partial charge in [0.05, 0.1) is 5.56 Å². The van der Waals surface area contributed by atoms with E-state index in [9.17, 15) is 9.18 Å². The van der Waals surface area contributed by atoms with Crippen LogP contribution in [-0.2, 0) is 0 Å². The van der Waals surface area contributed by atoms with E-state index in [0.717, 1.165) is 25.7 Å². The first-order valence-corrected chi connectivity index (χ1v) is 5.83. The lowest BCUT2D eigenvalue weighted by Gasteiger charge is -2.22. The molecule has 2 rings (SSSR count). The van der Waals surface area contributed by atoms with Crippen molar-refractivity contribution in [3.63, 3.8) is 0 Å². The smallest absolute Gasteiger partial charge is 0.254 e. The predicted octanol–water partition coefficient (Wildman–Crippen LogP) is 2.89. The molecule has 1 N–H and O–H groups in total. The van der Waals surface area contributed by atoms with Crippen LogP contribution in [0, 0.1) is 5.82 Å². The number of hydrogen-bond donors (Lipinski definition) is 1. The van der Waals surface area contributed by atoms with Crippen LogP contribution in [0.15, 0.2) is 24.3 Å². The Morgan fingerprint density at radius 3 is 2.56 bits per heavy atom. The zero-order valence-electron chi connectivity index (χ0n) is 9.21. The molecule has 0 bridgehead atoms. The van der Waals surface area contributed by atoms with E-state index in [2.05, 4.69) is 5.32 Å². The first-order chi connectivity index (χ1) is 7.77. The van der Waals surface area contributed by atoms with Crippen LogP contribution < -0.4 is 5.32 Å². The van der Waals surface area contributed by atoms with Crippen LogP contribution in [0.5, 0.6) is 0 Å². The zero-order chi connectivity index (χ0) is 11.4. The highest BCUT2D eigenvalue weighted by Gasteiger charge is 2.18. The van der Waals surface area contributed by atoms with Crippen molar-refractivity contribution in [1.82, 2.24) is 5.32 Å². The molecular formula is C13H16FNO. The monoisotopic (exact) mass is 221 g/mol. The quantitative estimate of drug-likeness (QED) is 0.817. The third-order valence-corrected chi connectivity index (χ3v) is 3.06. The van der Waals surface area contributed by atoms with E-state index < -0.39 is 5.82 Å². The number of hydrogen-bond acceptors (Lipinski definition) is 1. The average Bonchev–Trinajstić information content (AvgIpc) is 2.31. The van der Waals surface area contributed by atoms with E-state index in [1.165, 1.54) is 18.6 Å². The van der Waals surface area contributed by atoms with Crippen molar-refractivity contribution in [2.45, 2.75) is 38.1 Å². The van der Waals surface area contributed by atoms with Crippen LogP contribution in [0.2, 0.25) is 0 Å². The summed E-state index contributed by atoms with van der Waals surface area (Å²) in [7, 11) is 0. The summed E-state index contributed by atoms with van der Waals surface area (Å²) in [6, 6.07) is 6.33. The lowest BCUT2D eigenvalue weighted by atomic mass is 9.95. The Morgan fingerprint density at radius 2 is 1.88 bits per heavy atom. The van der Waals surface area contributed by atoms with E-state index in [-0.39, 0.29) is 17.5 Å². The Kier molecular flexibility index (Phi) is 3.54. The molecule has 86 valence electrons. The van der Waals surface area contributed by atoms with E-state index in [1.54, 1.807) is 12.1 Å². The molecule has 0 saturated heterocycles. The van der Waals surface area contributed by atoms with Gasteiger partial charge in [0.15, 0.2) is 0 Å². The molecule has 2 nitrogen and oxygen atoms in total. The number of benzene rings is 1. The molecule has 1 aromatic rings. The van der Waals surface area contributed by atoms with Crippen molar-refractivity contribution in [3.05, 3.63) is 35.6 Å². The second-order valence-corrected chi connectivity index (χ2v) is 4.29. The number of halogens is 1. The van der Waals surface area contributed by atoms with Gasteiger partial charge in [0, 0.05) is 6.04 Å². The molecule has 0 radical (unpaired) electrons. The van der Waals surface area contributed by atoms with Crippen molar-refractivity contribution in [3.8, 4) is 0 Å². The Bertz CT molecular complexity index is 372. The summed E-state index contributed by atoms with van der Waals surface area (Å²) in [5, 5.41) is 2.90. The predicted molar refractivity (Wildman–Crippen MR) is 60.7 cm³/mol. The van der Waals surface area contributed by atoms with Crippen molar-refractivity contribution >= 4 is 5.91 Å². The maximum Gasteiger partial charge on any atom is 0.254 e. The summed E-state index contributed by atoms with van der Waals surface area (Å²) in [5.74, 6) is -0.735. The van der Waals surface area contributed by atoms with Gasteiger partial charge in [0.25, 0.3) is 5.91 Å². The summed E-state index contributed by atoms with van der Waals surface area (Å²) >= 11 is 0. The third-order valence-electron chi connectivity index (χ3n) is 3.06. The van der Waals surface area contributed by atoms with Gasteiger partial charge in [-0.3, -0.25) is 4.79 Å². The van der Waals surface area contributed by atoms with Gasteiger partial charge in [0.1, 0.15) is 5.82 Å². The van der Waals surface area contributed by atoms with Crippen LogP contribution in [0.1, 0.15) is 42.5 Å². The van der Waals surface area contributed by atoms with Crippen molar-refractivity contribution in [2.24, 2.45) is 0 Å². The van der Waals surface area contributed by atoms with E-state index in [1.807, 2.05) is 0 Å². The van der Waals surface area contributed by atoms with Gasteiger partial charge in [-0.15, -0.1) is 0 Å². The number of rotatable bonds is 2. The highest BCUT2D eigenvalue weighted by molar-refractivity contribution is 5.94. The molecule has 1 fully saturated rings. The van der Waals surface area contributed by atoms with Crippen LogP contribution in [-0.4, -0.2) is 11.9 Å². The molecule has 0 aromatic heterocycles. The third kappa shape index (κ3) is 2.60. The van der Waals surface area contributed by atoms with Crippen molar-refractivity contribution in [2.75, 3.05) is 0 Å².